The molecule has 3 N–H and O–H groups in total. The van der Waals surface area contributed by atoms with Crippen LogP contribution in [0.2, 0.25) is 0 Å². The summed E-state index contributed by atoms with van der Waals surface area (Å²) in [4.78, 5) is 41.4. The molecule has 1 fully saturated rings. The molecule has 3 aromatic carbocycles. The second kappa shape index (κ2) is 18.4. The van der Waals surface area contributed by atoms with E-state index in [0.29, 0.717) is 25.9 Å². The van der Waals surface area contributed by atoms with Crippen LogP contribution in [-0.2, 0) is 33.9 Å². The zero-order valence-corrected chi connectivity index (χ0v) is 26.2. The minimum absolute atomic E-state index is 0.00882. The Morgan fingerprint density at radius 2 is 1.49 bits per heavy atom. The first-order valence-corrected chi connectivity index (χ1v) is 15.9. The zero-order chi connectivity index (χ0) is 31.7. The molecule has 3 amide bonds. The van der Waals surface area contributed by atoms with E-state index >= 15 is 0 Å². The average Bonchev–Trinajstić information content (AvgIpc) is 3.08. The molecule has 0 spiro atoms. The highest BCUT2D eigenvalue weighted by Crippen LogP contribution is 2.14. The standard InChI is InChI=1S/C36H46N4O5/c1-44-32-17-11-16-30(25-32)26-37-21-20-31(24-28-12-5-2-6-13-28)38-35(42)33(18-19-34(41)40-22-9-4-10-23-40)39-36(43)45-27-29-14-7-3-8-15-29/h2-3,5-8,11-17,25,31,33,37H,4,9-10,18-24,26-27H2,1H3,(H,38,42)(H,39,43)/t31-,33?/m1/s1. The van der Waals surface area contributed by atoms with Crippen LogP contribution >= 0.6 is 0 Å². The molecule has 0 bridgehead atoms. The lowest BCUT2D eigenvalue weighted by molar-refractivity contribution is -0.132. The van der Waals surface area contributed by atoms with E-state index in [1.54, 1.807) is 7.11 Å². The van der Waals surface area contributed by atoms with Crippen molar-refractivity contribution >= 4 is 17.9 Å². The number of methoxy groups -OCH3 is 1. The Morgan fingerprint density at radius 3 is 2.20 bits per heavy atom. The average molecular weight is 615 g/mol. The van der Waals surface area contributed by atoms with Gasteiger partial charge in [0.2, 0.25) is 11.8 Å². The molecule has 0 radical (unpaired) electrons. The van der Waals surface area contributed by atoms with E-state index < -0.39 is 12.1 Å². The fraction of sp³-hybridized carbons (Fsp3) is 0.417. The highest BCUT2D eigenvalue weighted by atomic mass is 16.5. The van der Waals surface area contributed by atoms with Crippen LogP contribution in [0, 0.1) is 0 Å². The highest BCUT2D eigenvalue weighted by Gasteiger charge is 2.26. The van der Waals surface area contributed by atoms with Gasteiger partial charge in [-0.3, -0.25) is 9.59 Å². The van der Waals surface area contributed by atoms with E-state index in [9.17, 15) is 14.4 Å². The minimum atomic E-state index is -0.912. The molecule has 45 heavy (non-hydrogen) atoms. The summed E-state index contributed by atoms with van der Waals surface area (Å²) in [7, 11) is 1.65. The van der Waals surface area contributed by atoms with Crippen molar-refractivity contribution in [2.75, 3.05) is 26.7 Å². The molecule has 1 aliphatic heterocycles. The Bertz CT molecular complexity index is 1330. The summed E-state index contributed by atoms with van der Waals surface area (Å²) in [6.07, 6.45) is 4.08. The van der Waals surface area contributed by atoms with Crippen LogP contribution in [0.25, 0.3) is 0 Å². The first-order chi connectivity index (χ1) is 22.0. The predicted octanol–water partition coefficient (Wildman–Crippen LogP) is 4.99. The van der Waals surface area contributed by atoms with Crippen molar-refractivity contribution in [2.45, 2.75) is 70.2 Å². The number of amides is 3. The number of alkyl carbamates (subject to hydrolysis) is 1. The van der Waals surface area contributed by atoms with Crippen molar-refractivity contribution in [1.82, 2.24) is 20.9 Å². The van der Waals surface area contributed by atoms with Gasteiger partial charge in [0.25, 0.3) is 0 Å². The molecule has 9 heteroatoms. The fourth-order valence-corrected chi connectivity index (χ4v) is 5.46. The summed E-state index contributed by atoms with van der Waals surface area (Å²) in [5.41, 5.74) is 3.05. The molecule has 9 nitrogen and oxygen atoms in total. The number of hydrogen-bond acceptors (Lipinski definition) is 6. The number of likely N-dealkylation sites (tertiary alicyclic amines) is 1. The van der Waals surface area contributed by atoms with Crippen molar-refractivity contribution in [1.29, 1.82) is 0 Å². The number of nitrogens with zero attached hydrogens (tertiary/aromatic N) is 1. The molecule has 3 aromatic rings. The Labute approximate surface area is 266 Å². The van der Waals surface area contributed by atoms with Crippen LogP contribution in [-0.4, -0.2) is 61.6 Å². The summed E-state index contributed by atoms with van der Waals surface area (Å²) in [5, 5.41) is 9.38. The quantitative estimate of drug-likeness (QED) is 0.196. The molecule has 0 aliphatic carbocycles. The molecule has 1 saturated heterocycles. The largest absolute Gasteiger partial charge is 0.497 e. The van der Waals surface area contributed by atoms with Crippen molar-refractivity contribution in [3.05, 3.63) is 102 Å². The van der Waals surface area contributed by atoms with E-state index in [0.717, 1.165) is 54.8 Å². The number of nitrogens with one attached hydrogen (secondary N) is 3. The van der Waals surface area contributed by atoms with Gasteiger partial charge in [0, 0.05) is 32.1 Å². The van der Waals surface area contributed by atoms with E-state index in [2.05, 4.69) is 16.0 Å². The number of hydrogen-bond donors (Lipinski definition) is 3. The summed E-state index contributed by atoms with van der Waals surface area (Å²) >= 11 is 0. The van der Waals surface area contributed by atoms with Gasteiger partial charge in [-0.25, -0.2) is 4.79 Å². The van der Waals surface area contributed by atoms with Crippen molar-refractivity contribution in [2.24, 2.45) is 0 Å². The van der Waals surface area contributed by atoms with E-state index in [1.807, 2.05) is 89.8 Å². The third kappa shape index (κ3) is 11.9. The minimum Gasteiger partial charge on any atom is -0.497 e. The Kier molecular flexibility index (Phi) is 13.7. The first kappa shape index (κ1) is 33.5. The lowest BCUT2D eigenvalue weighted by Gasteiger charge is -2.28. The van der Waals surface area contributed by atoms with Crippen LogP contribution in [0.3, 0.4) is 0 Å². The molecular weight excluding hydrogens is 568 g/mol. The summed E-state index contributed by atoms with van der Waals surface area (Å²) < 4.78 is 10.8. The molecule has 0 saturated carbocycles. The van der Waals surface area contributed by atoms with Gasteiger partial charge >= 0.3 is 6.09 Å². The Hall–Kier alpha value is -4.37. The van der Waals surface area contributed by atoms with Gasteiger partial charge in [0.05, 0.1) is 7.11 Å². The number of rotatable bonds is 16. The fourth-order valence-electron chi connectivity index (χ4n) is 5.46. The van der Waals surface area contributed by atoms with Gasteiger partial charge in [-0.1, -0.05) is 72.8 Å². The number of ether oxygens (including phenoxy) is 2. The maximum atomic E-state index is 13.7. The highest BCUT2D eigenvalue weighted by molar-refractivity contribution is 5.86. The van der Waals surface area contributed by atoms with Crippen molar-refractivity contribution < 1.29 is 23.9 Å². The van der Waals surface area contributed by atoms with Gasteiger partial charge in [0.15, 0.2) is 0 Å². The van der Waals surface area contributed by atoms with Crippen LogP contribution < -0.4 is 20.7 Å². The predicted molar refractivity (Wildman–Crippen MR) is 175 cm³/mol. The second-order valence-electron chi connectivity index (χ2n) is 11.5. The number of piperidine rings is 1. The lowest BCUT2D eigenvalue weighted by Crippen LogP contribution is -2.51. The molecule has 0 aromatic heterocycles. The van der Waals surface area contributed by atoms with Gasteiger partial charge in [-0.2, -0.15) is 0 Å². The smallest absolute Gasteiger partial charge is 0.408 e. The molecule has 4 rings (SSSR count). The van der Waals surface area contributed by atoms with Crippen LogP contribution in [0.4, 0.5) is 4.79 Å². The molecule has 2 atom stereocenters. The summed E-state index contributed by atoms with van der Waals surface area (Å²) in [6, 6.07) is 26.2. The third-order valence-electron chi connectivity index (χ3n) is 7.98. The molecule has 240 valence electrons. The van der Waals surface area contributed by atoms with Crippen molar-refractivity contribution in [3.8, 4) is 5.75 Å². The monoisotopic (exact) mass is 614 g/mol. The summed E-state index contributed by atoms with van der Waals surface area (Å²) in [5.74, 6) is 0.490. The van der Waals surface area contributed by atoms with Crippen LogP contribution in [0.5, 0.6) is 5.75 Å². The Balaban J connectivity index is 1.38. The topological polar surface area (TPSA) is 109 Å². The third-order valence-corrected chi connectivity index (χ3v) is 7.98. The maximum Gasteiger partial charge on any atom is 0.408 e. The van der Waals surface area contributed by atoms with E-state index in [4.69, 9.17) is 9.47 Å². The molecule has 1 aliphatic rings. The number of benzene rings is 3. The van der Waals surface area contributed by atoms with Crippen LogP contribution in [0.1, 0.15) is 55.2 Å². The number of carbonyl (C=O) groups excluding carboxylic acids is 3. The van der Waals surface area contributed by atoms with Crippen molar-refractivity contribution in [3.63, 3.8) is 0 Å². The molecular formula is C36H46N4O5. The molecule has 1 heterocycles. The first-order valence-electron chi connectivity index (χ1n) is 15.9. The van der Waals surface area contributed by atoms with Gasteiger partial charge in [0.1, 0.15) is 18.4 Å². The Morgan fingerprint density at radius 1 is 0.800 bits per heavy atom. The van der Waals surface area contributed by atoms with Gasteiger partial charge in [-0.15, -0.1) is 0 Å². The van der Waals surface area contributed by atoms with Gasteiger partial charge < -0.3 is 30.3 Å². The maximum absolute atomic E-state index is 13.7. The van der Waals surface area contributed by atoms with E-state index in [1.165, 1.54) is 0 Å². The van der Waals surface area contributed by atoms with Crippen LogP contribution in [0.15, 0.2) is 84.9 Å². The number of carbonyl (C=O) groups is 3. The normalized spacial score (nSPS) is 14.2. The zero-order valence-electron chi connectivity index (χ0n) is 26.2. The summed E-state index contributed by atoms with van der Waals surface area (Å²) in [6.45, 7) is 2.90. The lowest BCUT2D eigenvalue weighted by atomic mass is 10.0. The molecule has 1 unspecified atom stereocenters. The van der Waals surface area contributed by atoms with Gasteiger partial charge in [-0.05, 0) is 73.9 Å². The SMILES string of the molecule is COc1cccc(CNCC[C@H](Cc2ccccc2)NC(=O)C(CCC(=O)N2CCCCC2)NC(=O)OCc2ccccc2)c1. The second-order valence-corrected chi connectivity index (χ2v) is 11.5. The van der Waals surface area contributed by atoms with E-state index in [-0.39, 0.29) is 37.3 Å².